The quantitative estimate of drug-likeness (QED) is 0.408. The molecule has 22 heavy (non-hydrogen) atoms. The summed E-state index contributed by atoms with van der Waals surface area (Å²) in [4.78, 5) is 24.1. The van der Waals surface area contributed by atoms with Crippen LogP contribution in [0.25, 0.3) is 0 Å². The Hall–Kier alpha value is -1.20. The zero-order chi connectivity index (χ0) is 16.3. The fourth-order valence-electron chi connectivity index (χ4n) is 2.89. The van der Waals surface area contributed by atoms with Crippen molar-refractivity contribution in [3.05, 3.63) is 34.6 Å². The van der Waals surface area contributed by atoms with E-state index in [9.17, 15) is 9.59 Å². The van der Waals surface area contributed by atoms with Crippen LogP contribution >= 0.6 is 15.9 Å². The second-order valence-electron chi connectivity index (χ2n) is 5.74. The van der Waals surface area contributed by atoms with E-state index in [-0.39, 0.29) is 18.2 Å². The Labute approximate surface area is 139 Å². The number of hydrogen-bond acceptors (Lipinski definition) is 4. The Morgan fingerprint density at radius 2 is 2.14 bits per heavy atom. The van der Waals surface area contributed by atoms with E-state index < -0.39 is 5.60 Å². The van der Waals surface area contributed by atoms with Gasteiger partial charge in [0.25, 0.3) is 0 Å². The third-order valence-electron chi connectivity index (χ3n) is 3.85. The van der Waals surface area contributed by atoms with E-state index in [1.807, 2.05) is 19.9 Å². The van der Waals surface area contributed by atoms with Gasteiger partial charge in [0.1, 0.15) is 5.76 Å². The Kier molecular flexibility index (Phi) is 5.40. The van der Waals surface area contributed by atoms with Gasteiger partial charge in [0.05, 0.1) is 6.42 Å². The van der Waals surface area contributed by atoms with Crippen molar-refractivity contribution in [2.75, 3.05) is 11.9 Å². The standard InChI is InChI=1S/C17H21BrO4/c1-11-8-14-16(12(2)9-15(20)22-14)17(10-11,13(3)19)21-7-5-4-6-18/h8,10H,4-7,9H2,1-3H3. The molecule has 0 amide bonds. The van der Waals surface area contributed by atoms with Crippen LogP contribution in [0, 0.1) is 0 Å². The predicted molar refractivity (Wildman–Crippen MR) is 87.6 cm³/mol. The van der Waals surface area contributed by atoms with Crippen LogP contribution in [0.1, 0.15) is 40.0 Å². The first kappa shape index (κ1) is 17.2. The summed E-state index contributed by atoms with van der Waals surface area (Å²) in [5.74, 6) is 0.0620. The number of carbonyl (C=O) groups is 2. The van der Waals surface area contributed by atoms with Gasteiger partial charge in [0, 0.05) is 17.5 Å². The van der Waals surface area contributed by atoms with Gasteiger partial charge in [-0.2, -0.15) is 0 Å². The number of fused-ring (bicyclic) bond motifs is 1. The summed E-state index contributed by atoms with van der Waals surface area (Å²) in [6, 6.07) is 0. The number of alkyl halides is 1. The fraction of sp³-hybridized carbons (Fsp3) is 0.529. The maximum Gasteiger partial charge on any atom is 0.315 e. The number of unbranched alkanes of at least 4 members (excludes halogenated alkanes) is 1. The lowest BCUT2D eigenvalue weighted by molar-refractivity contribution is -0.142. The lowest BCUT2D eigenvalue weighted by Gasteiger charge is -2.38. The first-order valence-corrected chi connectivity index (χ1v) is 8.56. The van der Waals surface area contributed by atoms with Gasteiger partial charge in [0.2, 0.25) is 0 Å². The second-order valence-corrected chi connectivity index (χ2v) is 6.53. The highest BCUT2D eigenvalue weighted by molar-refractivity contribution is 9.09. The van der Waals surface area contributed by atoms with Crippen LogP contribution in [-0.4, -0.2) is 29.3 Å². The molecule has 2 rings (SSSR count). The maximum atomic E-state index is 12.4. The number of ether oxygens (including phenoxy) is 2. The fourth-order valence-corrected chi connectivity index (χ4v) is 3.29. The summed E-state index contributed by atoms with van der Waals surface area (Å²) in [6.07, 6.45) is 5.66. The SMILES string of the molecule is CC(=O)C1(OCCCCBr)C=C(C)C=C2OC(=O)CC(C)=C21. The molecule has 0 aromatic rings. The molecule has 0 N–H and O–H groups in total. The largest absolute Gasteiger partial charge is 0.426 e. The first-order valence-electron chi connectivity index (χ1n) is 7.44. The van der Waals surface area contributed by atoms with Gasteiger partial charge < -0.3 is 9.47 Å². The van der Waals surface area contributed by atoms with E-state index in [1.54, 1.807) is 6.08 Å². The molecule has 0 spiro atoms. The lowest BCUT2D eigenvalue weighted by atomic mass is 9.78. The molecule has 5 heteroatoms. The van der Waals surface area contributed by atoms with Gasteiger partial charge in [-0.15, -0.1) is 0 Å². The molecule has 1 atom stereocenters. The molecule has 2 aliphatic rings. The average molecular weight is 369 g/mol. The molecule has 0 fully saturated rings. The van der Waals surface area contributed by atoms with E-state index in [1.165, 1.54) is 6.92 Å². The molecule has 1 aliphatic carbocycles. The Balaban J connectivity index is 2.42. The van der Waals surface area contributed by atoms with Gasteiger partial charge in [-0.1, -0.05) is 21.5 Å². The highest BCUT2D eigenvalue weighted by Gasteiger charge is 2.46. The lowest BCUT2D eigenvalue weighted by Crippen LogP contribution is -2.45. The summed E-state index contributed by atoms with van der Waals surface area (Å²) in [5, 5.41) is 0.906. The summed E-state index contributed by atoms with van der Waals surface area (Å²) in [7, 11) is 0. The zero-order valence-electron chi connectivity index (χ0n) is 13.2. The molecule has 4 nitrogen and oxygen atoms in total. The number of ketones is 1. The highest BCUT2D eigenvalue weighted by Crippen LogP contribution is 2.41. The van der Waals surface area contributed by atoms with Crippen molar-refractivity contribution in [2.24, 2.45) is 0 Å². The molecule has 0 bridgehead atoms. The van der Waals surface area contributed by atoms with Crippen molar-refractivity contribution < 1.29 is 19.1 Å². The monoisotopic (exact) mass is 368 g/mol. The molecular formula is C17H21BrO4. The average Bonchev–Trinajstić information content (AvgIpc) is 2.41. The van der Waals surface area contributed by atoms with Gasteiger partial charge in [-0.3, -0.25) is 9.59 Å². The van der Waals surface area contributed by atoms with E-state index in [0.29, 0.717) is 17.9 Å². The molecule has 120 valence electrons. The van der Waals surface area contributed by atoms with Crippen LogP contribution in [-0.2, 0) is 19.1 Å². The number of allylic oxidation sites excluding steroid dienone is 2. The minimum atomic E-state index is -1.13. The van der Waals surface area contributed by atoms with Gasteiger partial charge in [-0.05, 0) is 51.3 Å². The van der Waals surface area contributed by atoms with Crippen LogP contribution in [0.5, 0.6) is 0 Å². The van der Waals surface area contributed by atoms with Crippen molar-refractivity contribution in [1.82, 2.24) is 0 Å². The van der Waals surface area contributed by atoms with Crippen LogP contribution in [0.15, 0.2) is 34.6 Å². The number of hydrogen-bond donors (Lipinski definition) is 0. The Morgan fingerprint density at radius 3 is 2.77 bits per heavy atom. The molecule has 0 aromatic heterocycles. The maximum absolute atomic E-state index is 12.4. The van der Waals surface area contributed by atoms with Gasteiger partial charge in [-0.25, -0.2) is 0 Å². The third kappa shape index (κ3) is 3.25. The minimum absolute atomic E-state index is 0.0939. The molecular weight excluding hydrogens is 348 g/mol. The van der Waals surface area contributed by atoms with Crippen LogP contribution in [0.4, 0.5) is 0 Å². The molecule has 1 heterocycles. The Bertz CT molecular complexity index is 585. The number of Topliss-reactive ketones (excluding diaryl/α,β-unsaturated/α-hetero) is 1. The summed E-state index contributed by atoms with van der Waals surface area (Å²) in [6.45, 7) is 5.74. The van der Waals surface area contributed by atoms with E-state index in [4.69, 9.17) is 9.47 Å². The van der Waals surface area contributed by atoms with Gasteiger partial charge in [0.15, 0.2) is 11.4 Å². The number of halogens is 1. The molecule has 1 aliphatic heterocycles. The van der Waals surface area contributed by atoms with Crippen LogP contribution in [0.2, 0.25) is 0 Å². The van der Waals surface area contributed by atoms with Gasteiger partial charge >= 0.3 is 5.97 Å². The van der Waals surface area contributed by atoms with E-state index in [2.05, 4.69) is 15.9 Å². The summed E-state index contributed by atoms with van der Waals surface area (Å²) < 4.78 is 11.4. The molecule has 0 saturated heterocycles. The first-order chi connectivity index (χ1) is 10.4. The van der Waals surface area contributed by atoms with E-state index in [0.717, 1.165) is 29.3 Å². The second kappa shape index (κ2) is 6.92. The summed E-state index contributed by atoms with van der Waals surface area (Å²) >= 11 is 3.39. The minimum Gasteiger partial charge on any atom is -0.426 e. The molecule has 0 saturated carbocycles. The number of rotatable bonds is 6. The molecule has 0 aromatic carbocycles. The van der Waals surface area contributed by atoms with Crippen molar-refractivity contribution in [1.29, 1.82) is 0 Å². The Morgan fingerprint density at radius 1 is 1.41 bits per heavy atom. The topological polar surface area (TPSA) is 52.6 Å². The summed E-state index contributed by atoms with van der Waals surface area (Å²) in [5.41, 5.74) is 1.26. The van der Waals surface area contributed by atoms with Crippen LogP contribution < -0.4 is 0 Å². The van der Waals surface area contributed by atoms with Crippen molar-refractivity contribution >= 4 is 27.7 Å². The normalized spacial score (nSPS) is 24.5. The van der Waals surface area contributed by atoms with Crippen LogP contribution in [0.3, 0.4) is 0 Å². The third-order valence-corrected chi connectivity index (χ3v) is 4.41. The van der Waals surface area contributed by atoms with Crippen molar-refractivity contribution in [3.8, 4) is 0 Å². The van der Waals surface area contributed by atoms with Crippen molar-refractivity contribution in [2.45, 2.75) is 45.6 Å². The smallest absolute Gasteiger partial charge is 0.315 e. The highest BCUT2D eigenvalue weighted by atomic mass is 79.9. The molecule has 0 radical (unpaired) electrons. The number of carbonyl (C=O) groups excluding carboxylic acids is 2. The molecule has 1 unspecified atom stereocenters. The zero-order valence-corrected chi connectivity index (χ0v) is 14.8. The van der Waals surface area contributed by atoms with Crippen molar-refractivity contribution in [3.63, 3.8) is 0 Å². The van der Waals surface area contributed by atoms with E-state index >= 15 is 0 Å². The number of esters is 1. The predicted octanol–water partition coefficient (Wildman–Crippen LogP) is 3.61.